The van der Waals surface area contributed by atoms with E-state index in [1.54, 1.807) is 0 Å². The third kappa shape index (κ3) is 63.9. The maximum absolute atomic E-state index is 13.0. The first-order valence-electron chi connectivity index (χ1n) is 37.6. The predicted molar refractivity (Wildman–Crippen MR) is 368 cm³/mol. The first-order valence-corrected chi connectivity index (χ1v) is 40.6. The third-order valence-corrected chi connectivity index (χ3v) is 19.3. The van der Waals surface area contributed by atoms with Gasteiger partial charge in [0.05, 0.1) is 26.4 Å². The number of aliphatic hydroxyl groups is 1. The zero-order valence-electron chi connectivity index (χ0n) is 59.1. The Hall–Kier alpha value is -1.94. The molecule has 0 aromatic rings. The predicted octanol–water partition coefficient (Wildman–Crippen LogP) is 20.8. The van der Waals surface area contributed by atoms with Gasteiger partial charge in [0.25, 0.3) is 0 Å². The molecule has 0 saturated carbocycles. The summed E-state index contributed by atoms with van der Waals surface area (Å²) in [5.74, 6) is -0.536. The van der Waals surface area contributed by atoms with Crippen LogP contribution in [0.5, 0.6) is 0 Å². The number of unbranched alkanes of at least 4 members (excludes halogenated alkanes) is 39. The van der Waals surface area contributed by atoms with Gasteiger partial charge in [-0.15, -0.1) is 0 Å². The van der Waals surface area contributed by atoms with Gasteiger partial charge in [-0.2, -0.15) is 0 Å². The van der Waals surface area contributed by atoms with Crippen LogP contribution in [0.4, 0.5) is 0 Å². The molecule has 0 radical (unpaired) electrons. The Balaban J connectivity index is 5.13. The lowest BCUT2D eigenvalue weighted by molar-refractivity contribution is -0.161. The van der Waals surface area contributed by atoms with Crippen molar-refractivity contribution in [2.45, 2.75) is 387 Å². The lowest BCUT2D eigenvalue weighted by atomic mass is 9.99. The summed E-state index contributed by atoms with van der Waals surface area (Å²) in [7, 11) is -9.90. The Morgan fingerprint density at radius 3 is 0.780 bits per heavy atom. The third-order valence-electron chi connectivity index (χ3n) is 17.4. The van der Waals surface area contributed by atoms with Gasteiger partial charge in [0.2, 0.25) is 0 Å². The Bertz CT molecular complexity index is 1770. The summed E-state index contributed by atoms with van der Waals surface area (Å²) in [6.07, 6.45) is 50.1. The van der Waals surface area contributed by atoms with Gasteiger partial charge < -0.3 is 33.8 Å². The second-order valence-corrected chi connectivity index (χ2v) is 29.4. The van der Waals surface area contributed by atoms with Crippen LogP contribution in [0.1, 0.15) is 369 Å². The molecule has 0 aliphatic heterocycles. The summed E-state index contributed by atoms with van der Waals surface area (Å²) < 4.78 is 68.2. The molecule has 0 amide bonds. The van der Waals surface area contributed by atoms with Crippen molar-refractivity contribution >= 4 is 39.5 Å². The van der Waals surface area contributed by atoms with Gasteiger partial charge in [-0.1, -0.05) is 318 Å². The fourth-order valence-corrected chi connectivity index (χ4v) is 12.5. The van der Waals surface area contributed by atoms with E-state index in [0.29, 0.717) is 25.7 Å². The maximum Gasteiger partial charge on any atom is 0.472 e. The van der Waals surface area contributed by atoms with Crippen LogP contribution in [0.15, 0.2) is 0 Å². The minimum Gasteiger partial charge on any atom is -0.462 e. The van der Waals surface area contributed by atoms with Gasteiger partial charge in [-0.3, -0.25) is 37.3 Å². The molecule has 0 bridgehead atoms. The van der Waals surface area contributed by atoms with Crippen LogP contribution in [0, 0.1) is 11.8 Å². The SMILES string of the molecule is CCCCCCCCCCCCCC(=O)OC[C@H](COP(=O)(O)OC[C@@H](O)COP(=O)(O)OC[C@@H](COC(=O)CCCCCCCCCC)OC(=O)CCCCCCCCC(C)CC)OC(=O)CCCCCCCCCCCCCCCCCCCCC(C)CC. The fourth-order valence-electron chi connectivity index (χ4n) is 10.9. The number of carbonyl (C=O) groups is 4. The largest absolute Gasteiger partial charge is 0.472 e. The molecule has 4 unspecified atom stereocenters. The zero-order valence-corrected chi connectivity index (χ0v) is 60.9. The summed E-state index contributed by atoms with van der Waals surface area (Å²) >= 11 is 0. The van der Waals surface area contributed by atoms with E-state index in [1.807, 2.05) is 0 Å². The lowest BCUT2D eigenvalue weighted by Crippen LogP contribution is -2.30. The molecular formula is C72H140O17P2. The van der Waals surface area contributed by atoms with Crippen LogP contribution in [0.3, 0.4) is 0 Å². The minimum absolute atomic E-state index is 0.103. The molecule has 7 atom stereocenters. The second-order valence-electron chi connectivity index (χ2n) is 26.5. The van der Waals surface area contributed by atoms with Crippen molar-refractivity contribution < 1.29 is 80.2 Å². The van der Waals surface area contributed by atoms with E-state index >= 15 is 0 Å². The van der Waals surface area contributed by atoms with Crippen molar-refractivity contribution in [2.75, 3.05) is 39.6 Å². The van der Waals surface area contributed by atoms with E-state index in [4.69, 9.17) is 37.0 Å². The number of hydrogen-bond acceptors (Lipinski definition) is 15. The molecular weight excluding hydrogens is 1200 g/mol. The summed E-state index contributed by atoms with van der Waals surface area (Å²) in [6, 6.07) is 0. The second kappa shape index (κ2) is 64.1. The molecule has 0 rings (SSSR count). The van der Waals surface area contributed by atoms with Crippen LogP contribution in [-0.4, -0.2) is 96.7 Å². The Kier molecular flexibility index (Phi) is 62.7. The molecule has 0 aromatic carbocycles. The first-order chi connectivity index (χ1) is 43.9. The molecule has 0 saturated heterocycles. The van der Waals surface area contributed by atoms with E-state index in [9.17, 15) is 43.2 Å². The Morgan fingerprint density at radius 1 is 0.308 bits per heavy atom. The standard InChI is InChI=1S/C72H140O17P2/c1-7-11-13-15-17-19-28-32-36-43-49-55-70(75)83-60-67(88-71(76)56-50-44-37-33-30-27-25-23-21-20-22-24-26-29-31-34-40-46-52-64(5)9-3)62-86-90(78,79)84-58-66(73)59-85-91(80,81)87-63-68(61-82-69(74)54-48-42-35-18-16-14-12-8-2)89-72(77)57-51-45-39-38-41-47-53-65(6)10-4/h64-68,73H,7-63H2,1-6H3,(H,78,79)(H,80,81)/t64?,65?,66-,67-,68-/m1/s1. The monoisotopic (exact) mass is 1340 g/mol. The molecule has 540 valence electrons. The molecule has 0 spiro atoms. The summed E-state index contributed by atoms with van der Waals surface area (Å²) in [5.41, 5.74) is 0. The number of phosphoric acid groups is 2. The minimum atomic E-state index is -4.95. The molecule has 19 heteroatoms. The Labute approximate surface area is 556 Å². The van der Waals surface area contributed by atoms with Crippen molar-refractivity contribution in [2.24, 2.45) is 11.8 Å². The molecule has 91 heavy (non-hydrogen) atoms. The average Bonchev–Trinajstić information content (AvgIpc) is 3.53. The van der Waals surface area contributed by atoms with Crippen molar-refractivity contribution in [3.63, 3.8) is 0 Å². The van der Waals surface area contributed by atoms with Gasteiger partial charge in [0, 0.05) is 25.7 Å². The van der Waals surface area contributed by atoms with Crippen LogP contribution in [-0.2, 0) is 65.4 Å². The number of rotatable bonds is 71. The number of phosphoric ester groups is 2. The van der Waals surface area contributed by atoms with Crippen molar-refractivity contribution in [3.8, 4) is 0 Å². The number of hydrogen-bond donors (Lipinski definition) is 3. The van der Waals surface area contributed by atoms with Gasteiger partial charge in [0.15, 0.2) is 12.2 Å². The van der Waals surface area contributed by atoms with E-state index < -0.39 is 97.5 Å². The van der Waals surface area contributed by atoms with Crippen LogP contribution < -0.4 is 0 Å². The highest BCUT2D eigenvalue weighted by Gasteiger charge is 2.30. The van der Waals surface area contributed by atoms with Crippen LogP contribution in [0.25, 0.3) is 0 Å². The highest BCUT2D eigenvalue weighted by Crippen LogP contribution is 2.45. The highest BCUT2D eigenvalue weighted by molar-refractivity contribution is 7.47. The summed E-state index contributed by atoms with van der Waals surface area (Å²) in [5, 5.41) is 10.6. The fraction of sp³-hybridized carbons (Fsp3) is 0.944. The quantitative estimate of drug-likeness (QED) is 0.0222. The average molecular weight is 1340 g/mol. The van der Waals surface area contributed by atoms with Gasteiger partial charge in [-0.05, 0) is 37.5 Å². The summed E-state index contributed by atoms with van der Waals surface area (Å²) in [4.78, 5) is 72.4. The van der Waals surface area contributed by atoms with E-state index in [2.05, 4.69) is 41.5 Å². The maximum atomic E-state index is 13.0. The molecule has 0 heterocycles. The normalized spacial score (nSPS) is 14.7. The van der Waals surface area contributed by atoms with Gasteiger partial charge >= 0.3 is 39.5 Å². The van der Waals surface area contributed by atoms with Crippen LogP contribution in [0.2, 0.25) is 0 Å². The zero-order chi connectivity index (χ0) is 67.2. The lowest BCUT2D eigenvalue weighted by Gasteiger charge is -2.21. The van der Waals surface area contributed by atoms with Gasteiger partial charge in [-0.25, -0.2) is 9.13 Å². The smallest absolute Gasteiger partial charge is 0.462 e. The van der Waals surface area contributed by atoms with E-state index in [0.717, 1.165) is 108 Å². The summed E-state index contributed by atoms with van der Waals surface area (Å²) in [6.45, 7) is 9.54. The topological polar surface area (TPSA) is 237 Å². The molecule has 3 N–H and O–H groups in total. The molecule has 0 aliphatic rings. The number of carbonyl (C=O) groups excluding carboxylic acids is 4. The van der Waals surface area contributed by atoms with Gasteiger partial charge in [0.1, 0.15) is 19.3 Å². The van der Waals surface area contributed by atoms with E-state index in [1.165, 1.54) is 180 Å². The van der Waals surface area contributed by atoms with Crippen LogP contribution >= 0.6 is 15.6 Å². The molecule has 0 aliphatic carbocycles. The molecule has 17 nitrogen and oxygen atoms in total. The number of ether oxygens (including phenoxy) is 4. The molecule has 0 aromatic heterocycles. The van der Waals surface area contributed by atoms with Crippen molar-refractivity contribution in [3.05, 3.63) is 0 Å². The number of esters is 4. The van der Waals surface area contributed by atoms with Crippen molar-refractivity contribution in [1.82, 2.24) is 0 Å². The highest BCUT2D eigenvalue weighted by atomic mass is 31.2. The van der Waals surface area contributed by atoms with E-state index in [-0.39, 0.29) is 25.7 Å². The first kappa shape index (κ1) is 89.1. The van der Waals surface area contributed by atoms with Crippen molar-refractivity contribution in [1.29, 1.82) is 0 Å². The Morgan fingerprint density at radius 2 is 0.527 bits per heavy atom. The molecule has 0 fully saturated rings. The number of aliphatic hydroxyl groups excluding tert-OH is 1.